The molecule has 0 unspecified atom stereocenters. The van der Waals surface area contributed by atoms with E-state index >= 15 is 0 Å². The van der Waals surface area contributed by atoms with Gasteiger partial charge >= 0.3 is 0 Å². The summed E-state index contributed by atoms with van der Waals surface area (Å²) in [4.78, 5) is 0. The maximum absolute atomic E-state index is 6.21. The lowest BCUT2D eigenvalue weighted by molar-refractivity contribution is 0.0538. The molecule has 0 amide bonds. The number of ether oxygens (including phenoxy) is 8. The first-order valence-electron chi connectivity index (χ1n) is 16.0. The van der Waals surface area contributed by atoms with E-state index in [0.717, 1.165) is 47.2 Å². The predicted molar refractivity (Wildman–Crippen MR) is 186 cm³/mol. The molecule has 0 aliphatic carbocycles. The van der Waals surface area contributed by atoms with Crippen LogP contribution in [0.3, 0.4) is 0 Å². The van der Waals surface area contributed by atoms with Crippen LogP contribution in [0.2, 0.25) is 0 Å². The molecule has 0 bridgehead atoms. The van der Waals surface area contributed by atoms with Crippen molar-refractivity contribution in [2.45, 2.75) is 47.0 Å². The highest BCUT2D eigenvalue weighted by atomic mass is 79.9. The standard InChI is InChI=1S/C37H51BrO8/c1-7-8-15-44-35-25-30(4)34(43-16-9-14-38)26-32(35)12-13-33-28-36(45-23-21-41-19-17-39-5)31(11-10-29(2)3)27-37(33)46-24-22-42-20-18-40-6/h25-29H,7-9,14-24H2,1-6H3. The van der Waals surface area contributed by atoms with Crippen molar-refractivity contribution in [2.24, 2.45) is 5.92 Å². The third-order valence-electron chi connectivity index (χ3n) is 6.31. The number of halogens is 1. The largest absolute Gasteiger partial charge is 0.493 e. The van der Waals surface area contributed by atoms with E-state index in [-0.39, 0.29) is 5.92 Å². The summed E-state index contributed by atoms with van der Waals surface area (Å²) >= 11 is 3.47. The molecule has 0 atom stereocenters. The van der Waals surface area contributed by atoms with Gasteiger partial charge in [0.25, 0.3) is 0 Å². The molecule has 254 valence electrons. The summed E-state index contributed by atoms with van der Waals surface area (Å²) in [7, 11) is 3.29. The van der Waals surface area contributed by atoms with E-state index in [2.05, 4.69) is 46.5 Å². The first-order chi connectivity index (χ1) is 22.4. The van der Waals surface area contributed by atoms with Crippen molar-refractivity contribution in [2.75, 3.05) is 85.6 Å². The van der Waals surface area contributed by atoms with E-state index in [1.54, 1.807) is 14.2 Å². The Morgan fingerprint density at radius 3 is 1.57 bits per heavy atom. The molecule has 0 aliphatic rings. The van der Waals surface area contributed by atoms with Gasteiger partial charge < -0.3 is 37.9 Å². The Labute approximate surface area is 284 Å². The average molecular weight is 704 g/mol. The number of alkyl halides is 1. The van der Waals surface area contributed by atoms with Crippen LogP contribution < -0.4 is 18.9 Å². The van der Waals surface area contributed by atoms with E-state index in [1.165, 1.54) is 0 Å². The minimum Gasteiger partial charge on any atom is -0.493 e. The predicted octanol–water partition coefficient (Wildman–Crippen LogP) is 6.83. The maximum Gasteiger partial charge on any atom is 0.136 e. The number of unbranched alkanes of at least 4 members (excludes halogenated alkanes) is 1. The highest BCUT2D eigenvalue weighted by Crippen LogP contribution is 2.31. The molecule has 0 spiro atoms. The van der Waals surface area contributed by atoms with Crippen LogP contribution in [0.15, 0.2) is 24.3 Å². The molecule has 0 saturated carbocycles. The van der Waals surface area contributed by atoms with Crippen LogP contribution >= 0.6 is 15.9 Å². The van der Waals surface area contributed by atoms with Gasteiger partial charge in [-0.2, -0.15) is 0 Å². The van der Waals surface area contributed by atoms with Gasteiger partial charge in [0.1, 0.15) is 36.2 Å². The molecule has 0 radical (unpaired) electrons. The van der Waals surface area contributed by atoms with Gasteiger partial charge in [-0.05, 0) is 37.5 Å². The third kappa shape index (κ3) is 15.6. The zero-order valence-electron chi connectivity index (χ0n) is 28.4. The summed E-state index contributed by atoms with van der Waals surface area (Å²) in [5, 5.41) is 0.873. The molecule has 2 aromatic carbocycles. The van der Waals surface area contributed by atoms with E-state index in [1.807, 2.05) is 45.0 Å². The molecule has 0 aliphatic heterocycles. The SMILES string of the molecule is CCCCOc1cc(C)c(OCCCBr)cc1C#Cc1cc(OCCOCCOC)c(C#CC(C)C)cc1OCCOCCOC. The number of hydrogen-bond donors (Lipinski definition) is 0. The molecule has 8 nitrogen and oxygen atoms in total. The van der Waals surface area contributed by atoms with Gasteiger partial charge in [-0.3, -0.25) is 0 Å². The van der Waals surface area contributed by atoms with Crippen LogP contribution in [0.5, 0.6) is 23.0 Å². The van der Waals surface area contributed by atoms with E-state index in [9.17, 15) is 0 Å². The van der Waals surface area contributed by atoms with Gasteiger partial charge in [-0.25, -0.2) is 0 Å². The van der Waals surface area contributed by atoms with Gasteiger partial charge in [0.2, 0.25) is 0 Å². The minimum absolute atomic E-state index is 0.182. The van der Waals surface area contributed by atoms with Crippen LogP contribution in [0.4, 0.5) is 0 Å². The fourth-order valence-corrected chi connectivity index (χ4v) is 4.09. The summed E-state index contributed by atoms with van der Waals surface area (Å²) in [5.41, 5.74) is 3.11. The minimum atomic E-state index is 0.182. The summed E-state index contributed by atoms with van der Waals surface area (Å²) in [6.07, 6.45) is 2.89. The Morgan fingerprint density at radius 1 is 0.587 bits per heavy atom. The fourth-order valence-electron chi connectivity index (χ4n) is 3.86. The van der Waals surface area contributed by atoms with Crippen molar-refractivity contribution in [3.63, 3.8) is 0 Å². The zero-order chi connectivity index (χ0) is 33.4. The van der Waals surface area contributed by atoms with E-state index in [4.69, 9.17) is 37.9 Å². The summed E-state index contributed by atoms with van der Waals surface area (Å²) < 4.78 is 46.0. The first-order valence-corrected chi connectivity index (χ1v) is 17.1. The van der Waals surface area contributed by atoms with Crippen LogP contribution in [0.1, 0.15) is 62.3 Å². The van der Waals surface area contributed by atoms with Crippen LogP contribution in [-0.4, -0.2) is 85.6 Å². The van der Waals surface area contributed by atoms with Crippen LogP contribution in [0.25, 0.3) is 0 Å². The number of rotatable bonds is 22. The monoisotopic (exact) mass is 702 g/mol. The van der Waals surface area contributed by atoms with Gasteiger partial charge in [-0.15, -0.1) is 0 Å². The quantitative estimate of drug-likeness (QED) is 0.0752. The Morgan fingerprint density at radius 2 is 1.04 bits per heavy atom. The Bertz CT molecular complexity index is 1270. The van der Waals surface area contributed by atoms with Crippen LogP contribution in [-0.2, 0) is 18.9 Å². The second-order valence-corrected chi connectivity index (χ2v) is 11.4. The van der Waals surface area contributed by atoms with Gasteiger partial charge in [-0.1, -0.05) is 66.8 Å². The zero-order valence-corrected chi connectivity index (χ0v) is 30.0. The number of aryl methyl sites for hydroxylation is 1. The number of methoxy groups -OCH3 is 2. The Balaban J connectivity index is 2.52. The molecule has 0 N–H and O–H groups in total. The van der Waals surface area contributed by atoms with Crippen molar-refractivity contribution in [1.82, 2.24) is 0 Å². The van der Waals surface area contributed by atoms with Crippen molar-refractivity contribution >= 4 is 15.9 Å². The smallest absolute Gasteiger partial charge is 0.136 e. The summed E-state index contributed by atoms with van der Waals surface area (Å²) in [6.45, 7) is 13.0. The summed E-state index contributed by atoms with van der Waals surface area (Å²) in [6, 6.07) is 7.73. The number of benzene rings is 2. The van der Waals surface area contributed by atoms with Crippen molar-refractivity contribution in [3.8, 4) is 46.7 Å². The lowest BCUT2D eigenvalue weighted by Crippen LogP contribution is -2.12. The van der Waals surface area contributed by atoms with Gasteiger partial charge in [0.15, 0.2) is 0 Å². The highest BCUT2D eigenvalue weighted by Gasteiger charge is 2.13. The second kappa shape index (κ2) is 24.3. The normalized spacial score (nSPS) is 10.6. The topological polar surface area (TPSA) is 73.8 Å². The maximum atomic E-state index is 6.21. The lowest BCUT2D eigenvalue weighted by atomic mass is 10.1. The molecule has 46 heavy (non-hydrogen) atoms. The molecule has 2 rings (SSSR count). The van der Waals surface area contributed by atoms with E-state index < -0.39 is 0 Å². The molecule has 0 aromatic heterocycles. The molecule has 2 aromatic rings. The molecule has 0 heterocycles. The van der Waals surface area contributed by atoms with Crippen molar-refractivity contribution in [1.29, 1.82) is 0 Å². The first kappa shape index (κ1) is 39.3. The molecular formula is C37H51BrO8. The number of hydrogen-bond acceptors (Lipinski definition) is 8. The third-order valence-corrected chi connectivity index (χ3v) is 6.87. The Hall–Kier alpha value is -2.92. The van der Waals surface area contributed by atoms with Crippen LogP contribution in [0, 0.1) is 36.5 Å². The molecule has 9 heteroatoms. The molecule has 0 saturated heterocycles. The highest BCUT2D eigenvalue weighted by molar-refractivity contribution is 9.09. The van der Waals surface area contributed by atoms with Crippen molar-refractivity contribution in [3.05, 3.63) is 46.5 Å². The fraction of sp³-hybridized carbons (Fsp3) is 0.568. The lowest BCUT2D eigenvalue weighted by Gasteiger charge is -2.15. The average Bonchev–Trinajstić information content (AvgIpc) is 3.04. The van der Waals surface area contributed by atoms with Crippen molar-refractivity contribution < 1.29 is 37.9 Å². The van der Waals surface area contributed by atoms with Gasteiger partial charge in [0.05, 0.1) is 69.5 Å². The van der Waals surface area contributed by atoms with E-state index in [0.29, 0.717) is 88.7 Å². The second-order valence-electron chi connectivity index (χ2n) is 10.6. The Kier molecular flexibility index (Phi) is 20.7. The molecule has 0 fully saturated rings. The summed E-state index contributed by atoms with van der Waals surface area (Å²) in [5.74, 6) is 16.1. The van der Waals surface area contributed by atoms with Gasteiger partial charge in [0, 0.05) is 37.6 Å². The molecular weight excluding hydrogens is 652 g/mol.